The smallest absolute Gasteiger partial charge is 0.245 e. The first-order valence-corrected chi connectivity index (χ1v) is 7.80. The maximum atomic E-state index is 12.8. The second kappa shape index (κ2) is 6.57. The Hall–Kier alpha value is -1.10. The van der Waals surface area contributed by atoms with Crippen LogP contribution in [0.3, 0.4) is 0 Å². The molecule has 2 heterocycles. The van der Waals surface area contributed by atoms with Gasteiger partial charge in [-0.1, -0.05) is 13.8 Å². The van der Waals surface area contributed by atoms with Gasteiger partial charge in [-0.2, -0.15) is 0 Å². The van der Waals surface area contributed by atoms with Gasteiger partial charge in [-0.3, -0.25) is 9.59 Å². The van der Waals surface area contributed by atoms with E-state index in [0.29, 0.717) is 12.5 Å². The van der Waals surface area contributed by atoms with Crippen LogP contribution in [0.15, 0.2) is 0 Å². The lowest BCUT2D eigenvalue weighted by Gasteiger charge is -2.38. The third-order valence-corrected chi connectivity index (χ3v) is 4.47. The van der Waals surface area contributed by atoms with Crippen molar-refractivity contribution in [3.05, 3.63) is 0 Å². The number of hydrogen-bond acceptors (Lipinski definition) is 3. The standard InChI is InChI=1S/C15H27N3O2/c1-11(2)14(18-9-5-7-13(18)19)15(20)17-8-4-6-12(10-17)16-3/h11-12,14,16H,4-10H2,1-3H3. The molecular formula is C15H27N3O2. The number of hydrogen-bond donors (Lipinski definition) is 1. The highest BCUT2D eigenvalue weighted by Gasteiger charge is 2.38. The Balaban J connectivity index is 2.08. The molecule has 0 aromatic rings. The molecule has 0 aromatic heterocycles. The van der Waals surface area contributed by atoms with Crippen LogP contribution in [0.25, 0.3) is 0 Å². The van der Waals surface area contributed by atoms with Crippen LogP contribution in [0, 0.1) is 5.92 Å². The fourth-order valence-corrected chi connectivity index (χ4v) is 3.34. The summed E-state index contributed by atoms with van der Waals surface area (Å²) in [6, 6.07) is 0.107. The monoisotopic (exact) mass is 281 g/mol. The number of nitrogens with one attached hydrogen (secondary N) is 1. The number of nitrogens with zero attached hydrogens (tertiary/aromatic N) is 2. The van der Waals surface area contributed by atoms with E-state index in [1.807, 2.05) is 25.8 Å². The molecule has 0 saturated carbocycles. The van der Waals surface area contributed by atoms with Crippen molar-refractivity contribution in [2.45, 2.75) is 51.6 Å². The lowest BCUT2D eigenvalue weighted by Crippen LogP contribution is -2.56. The topological polar surface area (TPSA) is 52.7 Å². The highest BCUT2D eigenvalue weighted by atomic mass is 16.2. The molecule has 1 N–H and O–H groups in total. The first-order chi connectivity index (χ1) is 9.54. The Labute approximate surface area is 121 Å². The molecule has 2 amide bonds. The van der Waals surface area contributed by atoms with E-state index < -0.39 is 0 Å². The molecule has 2 unspecified atom stereocenters. The predicted octanol–water partition coefficient (Wildman–Crippen LogP) is 0.844. The van der Waals surface area contributed by atoms with Gasteiger partial charge >= 0.3 is 0 Å². The lowest BCUT2D eigenvalue weighted by atomic mass is 9.98. The number of piperidine rings is 1. The van der Waals surface area contributed by atoms with Gasteiger partial charge in [0.25, 0.3) is 0 Å². The molecule has 0 radical (unpaired) electrons. The summed E-state index contributed by atoms with van der Waals surface area (Å²) in [4.78, 5) is 28.6. The molecule has 0 aliphatic carbocycles. The quantitative estimate of drug-likeness (QED) is 0.831. The Morgan fingerprint density at radius 2 is 2.05 bits per heavy atom. The van der Waals surface area contributed by atoms with E-state index in [1.54, 1.807) is 4.90 Å². The third-order valence-electron chi connectivity index (χ3n) is 4.47. The van der Waals surface area contributed by atoms with E-state index in [2.05, 4.69) is 5.32 Å². The second-order valence-corrected chi connectivity index (χ2v) is 6.29. The van der Waals surface area contributed by atoms with E-state index in [-0.39, 0.29) is 23.8 Å². The van der Waals surface area contributed by atoms with Crippen LogP contribution in [0.2, 0.25) is 0 Å². The molecule has 2 aliphatic rings. The Bertz CT molecular complexity index is 370. The number of rotatable bonds is 4. The van der Waals surface area contributed by atoms with Crippen LogP contribution >= 0.6 is 0 Å². The van der Waals surface area contributed by atoms with E-state index in [4.69, 9.17) is 0 Å². The summed E-state index contributed by atoms with van der Waals surface area (Å²) in [5.74, 6) is 0.439. The van der Waals surface area contributed by atoms with Crippen molar-refractivity contribution in [1.29, 1.82) is 0 Å². The summed E-state index contributed by atoms with van der Waals surface area (Å²) in [5.41, 5.74) is 0. The third kappa shape index (κ3) is 3.14. The summed E-state index contributed by atoms with van der Waals surface area (Å²) in [6.45, 7) is 6.39. The van der Waals surface area contributed by atoms with Gasteiger partial charge in [0.15, 0.2) is 0 Å². The number of amides is 2. The molecule has 2 aliphatic heterocycles. The summed E-state index contributed by atoms with van der Waals surface area (Å²) in [6.07, 6.45) is 3.63. The molecule has 0 spiro atoms. The fraction of sp³-hybridized carbons (Fsp3) is 0.867. The van der Waals surface area contributed by atoms with Crippen LogP contribution in [0.5, 0.6) is 0 Å². The van der Waals surface area contributed by atoms with Crippen molar-refractivity contribution >= 4 is 11.8 Å². The van der Waals surface area contributed by atoms with Crippen LogP contribution in [0.4, 0.5) is 0 Å². The van der Waals surface area contributed by atoms with Crippen LogP contribution in [0.1, 0.15) is 39.5 Å². The minimum absolute atomic E-state index is 0.134. The normalized spacial score (nSPS) is 25.4. The fourth-order valence-electron chi connectivity index (χ4n) is 3.34. The summed E-state index contributed by atoms with van der Waals surface area (Å²) < 4.78 is 0. The molecule has 114 valence electrons. The van der Waals surface area contributed by atoms with Gasteiger partial charge in [-0.25, -0.2) is 0 Å². The molecular weight excluding hydrogens is 254 g/mol. The van der Waals surface area contributed by atoms with Gasteiger partial charge in [0.2, 0.25) is 11.8 Å². The van der Waals surface area contributed by atoms with Crippen LogP contribution < -0.4 is 5.32 Å². The minimum atomic E-state index is -0.277. The number of carbonyl (C=O) groups is 2. The largest absolute Gasteiger partial charge is 0.339 e. The van der Waals surface area contributed by atoms with E-state index in [9.17, 15) is 9.59 Å². The Morgan fingerprint density at radius 1 is 1.30 bits per heavy atom. The molecule has 0 aromatic carbocycles. The molecule has 2 fully saturated rings. The molecule has 5 heteroatoms. The molecule has 0 bridgehead atoms. The van der Waals surface area contributed by atoms with Crippen LogP contribution in [-0.4, -0.2) is 60.4 Å². The summed E-state index contributed by atoms with van der Waals surface area (Å²) in [5, 5.41) is 3.26. The average molecular weight is 281 g/mol. The van der Waals surface area contributed by atoms with Crippen molar-refractivity contribution in [2.75, 3.05) is 26.7 Å². The van der Waals surface area contributed by atoms with E-state index in [0.717, 1.165) is 38.9 Å². The maximum absolute atomic E-state index is 12.8. The van der Waals surface area contributed by atoms with Crippen molar-refractivity contribution in [3.8, 4) is 0 Å². The first-order valence-electron chi connectivity index (χ1n) is 7.80. The van der Waals surface area contributed by atoms with E-state index in [1.165, 1.54) is 0 Å². The first kappa shape index (κ1) is 15.3. The highest BCUT2D eigenvalue weighted by Crippen LogP contribution is 2.22. The highest BCUT2D eigenvalue weighted by molar-refractivity contribution is 5.89. The zero-order chi connectivity index (χ0) is 14.7. The zero-order valence-corrected chi connectivity index (χ0v) is 12.9. The predicted molar refractivity (Wildman–Crippen MR) is 78.2 cm³/mol. The number of likely N-dealkylation sites (tertiary alicyclic amines) is 2. The van der Waals surface area contributed by atoms with Crippen molar-refractivity contribution < 1.29 is 9.59 Å². The van der Waals surface area contributed by atoms with Crippen LogP contribution in [-0.2, 0) is 9.59 Å². The van der Waals surface area contributed by atoms with Gasteiger partial charge in [0, 0.05) is 32.1 Å². The summed E-state index contributed by atoms with van der Waals surface area (Å²) in [7, 11) is 1.95. The minimum Gasteiger partial charge on any atom is -0.339 e. The van der Waals surface area contributed by atoms with Crippen molar-refractivity contribution in [3.63, 3.8) is 0 Å². The zero-order valence-electron chi connectivity index (χ0n) is 12.9. The maximum Gasteiger partial charge on any atom is 0.245 e. The average Bonchev–Trinajstić information content (AvgIpc) is 2.85. The number of carbonyl (C=O) groups excluding carboxylic acids is 2. The SMILES string of the molecule is CNC1CCCN(C(=O)C(C(C)C)N2CCCC2=O)C1. The van der Waals surface area contributed by atoms with Gasteiger partial charge < -0.3 is 15.1 Å². The van der Waals surface area contributed by atoms with Gasteiger partial charge in [0.1, 0.15) is 6.04 Å². The van der Waals surface area contributed by atoms with Gasteiger partial charge in [0.05, 0.1) is 0 Å². The number of likely N-dealkylation sites (N-methyl/N-ethyl adjacent to an activating group) is 1. The van der Waals surface area contributed by atoms with E-state index >= 15 is 0 Å². The molecule has 20 heavy (non-hydrogen) atoms. The lowest BCUT2D eigenvalue weighted by molar-refractivity contribution is -0.146. The Kier molecular flexibility index (Phi) is 5.02. The Morgan fingerprint density at radius 3 is 2.60 bits per heavy atom. The van der Waals surface area contributed by atoms with Gasteiger partial charge in [-0.15, -0.1) is 0 Å². The molecule has 2 rings (SSSR count). The summed E-state index contributed by atoms with van der Waals surface area (Å²) >= 11 is 0. The molecule has 2 saturated heterocycles. The molecule has 5 nitrogen and oxygen atoms in total. The second-order valence-electron chi connectivity index (χ2n) is 6.29. The van der Waals surface area contributed by atoms with Crippen molar-refractivity contribution in [2.24, 2.45) is 5.92 Å². The molecule has 2 atom stereocenters. The van der Waals surface area contributed by atoms with Crippen molar-refractivity contribution in [1.82, 2.24) is 15.1 Å². The van der Waals surface area contributed by atoms with Gasteiger partial charge in [-0.05, 0) is 32.2 Å².